The summed E-state index contributed by atoms with van der Waals surface area (Å²) in [7, 11) is 0. The van der Waals surface area contributed by atoms with Gasteiger partial charge in [-0.3, -0.25) is 4.57 Å². The molecule has 1 aliphatic rings. The van der Waals surface area contributed by atoms with Gasteiger partial charge < -0.3 is 9.47 Å². The fraction of sp³-hybridized carbons (Fsp3) is 0.467. The van der Waals surface area contributed by atoms with Crippen LogP contribution in [-0.2, 0) is 11.3 Å². The number of aromatic amines is 1. The van der Waals surface area contributed by atoms with Crippen LogP contribution in [0.4, 0.5) is 0 Å². The van der Waals surface area contributed by atoms with E-state index in [0.717, 1.165) is 25.2 Å². The minimum atomic E-state index is -0.193. The van der Waals surface area contributed by atoms with Crippen molar-refractivity contribution < 1.29 is 9.47 Å². The Balaban J connectivity index is 1.50. The summed E-state index contributed by atoms with van der Waals surface area (Å²) >= 11 is 7.32. The van der Waals surface area contributed by atoms with E-state index in [0.29, 0.717) is 29.1 Å². The second-order valence-electron chi connectivity index (χ2n) is 5.21. The Bertz CT molecular complexity index is 680. The van der Waals surface area contributed by atoms with Crippen LogP contribution in [-0.4, -0.2) is 39.8 Å². The maximum Gasteiger partial charge on any atom is 0.344 e. The van der Waals surface area contributed by atoms with E-state index in [1.54, 1.807) is 16.7 Å². The number of aromatic nitrogens is 3. The molecule has 124 valence electrons. The lowest BCUT2D eigenvalue weighted by Crippen LogP contribution is -2.25. The minimum Gasteiger partial charge on any atom is -0.493 e. The highest BCUT2D eigenvalue weighted by Gasteiger charge is 2.19. The van der Waals surface area contributed by atoms with Crippen LogP contribution in [0.25, 0.3) is 0 Å². The Kier molecular flexibility index (Phi) is 5.64. The van der Waals surface area contributed by atoms with Crippen molar-refractivity contribution >= 4 is 23.4 Å². The molecule has 1 saturated heterocycles. The summed E-state index contributed by atoms with van der Waals surface area (Å²) in [5.41, 5.74) is -0.193. The molecule has 6 nitrogen and oxygen atoms in total. The smallest absolute Gasteiger partial charge is 0.344 e. The van der Waals surface area contributed by atoms with E-state index in [1.807, 2.05) is 12.1 Å². The molecule has 0 radical (unpaired) electrons. The molecule has 0 spiro atoms. The molecule has 0 unspecified atom stereocenters. The van der Waals surface area contributed by atoms with E-state index in [2.05, 4.69) is 10.2 Å². The van der Waals surface area contributed by atoms with Crippen LogP contribution in [0.5, 0.6) is 5.75 Å². The quantitative estimate of drug-likeness (QED) is 0.610. The standard InChI is InChI=1S/C15H18ClN3O3S/c16-11-3-5-12(6-4-11)22-8-9-23-15-18-17-14(20)19(15)10-13-2-1-7-21-13/h3-6,13H,1-2,7-10H2,(H,17,20)/t13-/m1/s1. The van der Waals surface area contributed by atoms with Crippen molar-refractivity contribution in [3.63, 3.8) is 0 Å². The number of nitrogens with zero attached hydrogens (tertiary/aromatic N) is 2. The average Bonchev–Trinajstić information content (AvgIpc) is 3.18. The molecular formula is C15H18ClN3O3S. The van der Waals surface area contributed by atoms with Gasteiger partial charge in [0.1, 0.15) is 5.75 Å². The normalized spacial score (nSPS) is 17.5. The van der Waals surface area contributed by atoms with Gasteiger partial charge in [-0.1, -0.05) is 23.4 Å². The highest BCUT2D eigenvalue weighted by molar-refractivity contribution is 7.99. The summed E-state index contributed by atoms with van der Waals surface area (Å²) in [6.45, 7) is 1.84. The fourth-order valence-corrected chi connectivity index (χ4v) is 3.29. The van der Waals surface area contributed by atoms with Gasteiger partial charge in [0, 0.05) is 17.4 Å². The zero-order chi connectivity index (χ0) is 16.1. The predicted molar refractivity (Wildman–Crippen MR) is 89.5 cm³/mol. The first-order valence-corrected chi connectivity index (χ1v) is 8.87. The lowest BCUT2D eigenvalue weighted by molar-refractivity contribution is 0.0941. The maximum atomic E-state index is 11.8. The van der Waals surface area contributed by atoms with Crippen molar-refractivity contribution in [3.8, 4) is 5.75 Å². The van der Waals surface area contributed by atoms with E-state index < -0.39 is 0 Å². The summed E-state index contributed by atoms with van der Waals surface area (Å²) in [4.78, 5) is 11.8. The van der Waals surface area contributed by atoms with Crippen LogP contribution in [0.2, 0.25) is 5.02 Å². The van der Waals surface area contributed by atoms with E-state index in [4.69, 9.17) is 21.1 Å². The molecule has 1 N–H and O–H groups in total. The molecule has 8 heteroatoms. The van der Waals surface area contributed by atoms with Crippen LogP contribution in [0, 0.1) is 0 Å². The molecule has 23 heavy (non-hydrogen) atoms. The largest absolute Gasteiger partial charge is 0.493 e. The topological polar surface area (TPSA) is 69.1 Å². The molecule has 1 aliphatic heterocycles. The Morgan fingerprint density at radius 3 is 3.00 bits per heavy atom. The number of hydrogen-bond acceptors (Lipinski definition) is 5. The summed E-state index contributed by atoms with van der Waals surface area (Å²) in [5, 5.41) is 7.93. The molecule has 0 aliphatic carbocycles. The summed E-state index contributed by atoms with van der Waals surface area (Å²) < 4.78 is 12.9. The summed E-state index contributed by atoms with van der Waals surface area (Å²) in [6.07, 6.45) is 2.14. The second kappa shape index (κ2) is 7.90. The van der Waals surface area contributed by atoms with Crippen molar-refractivity contribution in [2.45, 2.75) is 30.6 Å². The van der Waals surface area contributed by atoms with E-state index >= 15 is 0 Å². The highest BCUT2D eigenvalue weighted by Crippen LogP contribution is 2.19. The van der Waals surface area contributed by atoms with E-state index in [-0.39, 0.29) is 11.8 Å². The first kappa shape index (κ1) is 16.4. The molecule has 1 fully saturated rings. The molecule has 0 bridgehead atoms. The number of rotatable bonds is 7. The third kappa shape index (κ3) is 4.53. The molecule has 2 aromatic rings. The molecule has 1 aromatic heterocycles. The van der Waals surface area contributed by atoms with E-state index in [9.17, 15) is 4.79 Å². The Morgan fingerprint density at radius 2 is 2.26 bits per heavy atom. The Hall–Kier alpha value is -1.44. The van der Waals surface area contributed by atoms with Gasteiger partial charge in [0.05, 0.1) is 19.3 Å². The Morgan fingerprint density at radius 1 is 1.43 bits per heavy atom. The number of H-pyrrole nitrogens is 1. The second-order valence-corrected chi connectivity index (χ2v) is 6.71. The van der Waals surface area contributed by atoms with E-state index in [1.165, 1.54) is 11.8 Å². The number of halogens is 1. The number of benzene rings is 1. The van der Waals surface area contributed by atoms with Gasteiger partial charge in [-0.2, -0.15) is 0 Å². The van der Waals surface area contributed by atoms with Crippen LogP contribution < -0.4 is 10.4 Å². The van der Waals surface area contributed by atoms with Gasteiger partial charge in [-0.05, 0) is 37.1 Å². The SMILES string of the molecule is O=c1[nH]nc(SCCOc2ccc(Cl)cc2)n1C[C@H]1CCCO1. The third-order valence-corrected chi connectivity index (χ3v) is 4.72. The summed E-state index contributed by atoms with van der Waals surface area (Å²) in [5.74, 6) is 1.46. The average molecular weight is 356 g/mol. The molecule has 2 heterocycles. The maximum absolute atomic E-state index is 11.8. The monoisotopic (exact) mass is 355 g/mol. The first-order chi connectivity index (χ1) is 11.2. The highest BCUT2D eigenvalue weighted by atomic mass is 35.5. The molecule has 0 saturated carbocycles. The van der Waals surface area contributed by atoms with Crippen LogP contribution in [0.3, 0.4) is 0 Å². The zero-order valence-electron chi connectivity index (χ0n) is 12.5. The lowest BCUT2D eigenvalue weighted by atomic mass is 10.2. The van der Waals surface area contributed by atoms with Crippen molar-refractivity contribution in [3.05, 3.63) is 39.8 Å². The fourth-order valence-electron chi connectivity index (χ4n) is 2.39. The minimum absolute atomic E-state index is 0.106. The van der Waals surface area contributed by atoms with Crippen LogP contribution in [0.15, 0.2) is 34.2 Å². The molecule has 1 atom stereocenters. The molecular weight excluding hydrogens is 338 g/mol. The summed E-state index contributed by atoms with van der Waals surface area (Å²) in [6, 6.07) is 7.23. The van der Waals surface area contributed by atoms with Crippen molar-refractivity contribution in [2.24, 2.45) is 0 Å². The third-order valence-electron chi connectivity index (χ3n) is 3.53. The number of ether oxygens (including phenoxy) is 2. The number of hydrogen-bond donors (Lipinski definition) is 1. The van der Waals surface area contributed by atoms with Gasteiger partial charge in [-0.15, -0.1) is 5.10 Å². The van der Waals surface area contributed by atoms with Gasteiger partial charge >= 0.3 is 5.69 Å². The molecule has 0 amide bonds. The number of nitrogens with one attached hydrogen (secondary N) is 1. The van der Waals surface area contributed by atoms with Gasteiger partial charge in [-0.25, -0.2) is 9.89 Å². The van der Waals surface area contributed by atoms with Gasteiger partial charge in [0.25, 0.3) is 0 Å². The predicted octanol–water partition coefficient (Wildman–Crippen LogP) is 2.57. The van der Waals surface area contributed by atoms with Crippen molar-refractivity contribution in [1.82, 2.24) is 14.8 Å². The van der Waals surface area contributed by atoms with Crippen LogP contribution in [0.1, 0.15) is 12.8 Å². The Labute approximate surface area is 143 Å². The zero-order valence-corrected chi connectivity index (χ0v) is 14.1. The van der Waals surface area contributed by atoms with Gasteiger partial charge in [0.15, 0.2) is 5.16 Å². The lowest BCUT2D eigenvalue weighted by Gasteiger charge is -2.11. The van der Waals surface area contributed by atoms with Crippen molar-refractivity contribution in [1.29, 1.82) is 0 Å². The van der Waals surface area contributed by atoms with Crippen LogP contribution >= 0.6 is 23.4 Å². The van der Waals surface area contributed by atoms with Gasteiger partial charge in [0.2, 0.25) is 0 Å². The number of thioether (sulfide) groups is 1. The molecule has 3 rings (SSSR count). The van der Waals surface area contributed by atoms with Crippen molar-refractivity contribution in [2.75, 3.05) is 19.0 Å². The molecule has 1 aromatic carbocycles. The first-order valence-electron chi connectivity index (χ1n) is 7.50.